The first-order valence-corrected chi connectivity index (χ1v) is 9.73. The fourth-order valence-corrected chi connectivity index (χ4v) is 3.94. The maximum atomic E-state index is 12.9. The van der Waals surface area contributed by atoms with Crippen LogP contribution in [0.15, 0.2) is 36.5 Å². The number of rotatable bonds is 6. The van der Waals surface area contributed by atoms with Crippen LogP contribution >= 0.6 is 11.3 Å². The summed E-state index contributed by atoms with van der Waals surface area (Å²) in [6.07, 6.45) is -3.42. The van der Waals surface area contributed by atoms with E-state index in [0.717, 1.165) is 10.4 Å². The summed E-state index contributed by atoms with van der Waals surface area (Å²) in [6.45, 7) is 4.07. The molecule has 6 nitrogen and oxygen atoms in total. The van der Waals surface area contributed by atoms with Crippen LogP contribution in [0.1, 0.15) is 34.6 Å². The summed E-state index contributed by atoms with van der Waals surface area (Å²) in [5, 5.41) is 21.9. The number of alkyl halides is 3. The molecule has 3 N–H and O–H groups in total. The predicted molar refractivity (Wildman–Crippen MR) is 107 cm³/mol. The normalized spacial score (nSPS) is 11.7. The van der Waals surface area contributed by atoms with Crippen molar-refractivity contribution in [3.8, 4) is 17.0 Å². The Morgan fingerprint density at radius 3 is 2.47 bits per heavy atom. The molecular formula is C20H18F3N3O3S. The number of aromatic nitrogens is 2. The minimum absolute atomic E-state index is 0.109. The van der Waals surface area contributed by atoms with E-state index in [2.05, 4.69) is 15.3 Å². The van der Waals surface area contributed by atoms with E-state index < -0.39 is 23.3 Å². The molecule has 3 rings (SSSR count). The monoisotopic (exact) mass is 437 g/mol. The molecule has 0 aliphatic heterocycles. The van der Waals surface area contributed by atoms with Crippen molar-refractivity contribution in [3.05, 3.63) is 52.5 Å². The number of nitrogens with one attached hydrogen (secondary N) is 1. The molecule has 2 heterocycles. The highest BCUT2D eigenvalue weighted by Crippen LogP contribution is 2.36. The van der Waals surface area contributed by atoms with E-state index in [4.69, 9.17) is 0 Å². The van der Waals surface area contributed by atoms with E-state index in [9.17, 15) is 28.2 Å². The summed E-state index contributed by atoms with van der Waals surface area (Å²) < 4.78 is 38.7. The first-order chi connectivity index (χ1) is 14.0. The smallest absolute Gasteiger partial charge is 0.417 e. The number of carbonyl (C=O) groups is 1. The van der Waals surface area contributed by atoms with Crippen molar-refractivity contribution >= 4 is 28.3 Å². The second-order valence-electron chi connectivity index (χ2n) is 6.98. The molecule has 0 aliphatic carbocycles. The minimum atomic E-state index is -4.70. The van der Waals surface area contributed by atoms with Gasteiger partial charge in [-0.1, -0.05) is 13.8 Å². The molecule has 0 saturated carbocycles. The fraction of sp³-hybridized carbons (Fsp3) is 0.250. The zero-order chi connectivity index (χ0) is 22.1. The van der Waals surface area contributed by atoms with Crippen LogP contribution in [0, 0.1) is 5.92 Å². The molecule has 0 saturated heterocycles. The second-order valence-corrected chi connectivity index (χ2v) is 8.07. The SMILES string of the molecule is CC(C)Cc1sc(Nc2ncc(C(F)(F)F)cc2C(=O)O)nc1-c1ccc(O)cc1. The van der Waals surface area contributed by atoms with E-state index in [1.807, 2.05) is 13.8 Å². The van der Waals surface area contributed by atoms with Gasteiger partial charge in [-0.05, 0) is 42.7 Å². The lowest BCUT2D eigenvalue weighted by Crippen LogP contribution is -2.11. The number of phenolic OH excluding ortho intramolecular Hbond substituents is 1. The third-order valence-electron chi connectivity index (χ3n) is 4.10. The molecule has 0 radical (unpaired) electrons. The first-order valence-electron chi connectivity index (χ1n) is 8.91. The fourth-order valence-electron chi connectivity index (χ4n) is 2.74. The van der Waals surface area contributed by atoms with Crippen molar-refractivity contribution in [3.63, 3.8) is 0 Å². The van der Waals surface area contributed by atoms with Gasteiger partial charge in [0, 0.05) is 16.6 Å². The molecule has 30 heavy (non-hydrogen) atoms. The summed E-state index contributed by atoms with van der Waals surface area (Å²) >= 11 is 1.27. The molecule has 0 bridgehead atoms. The lowest BCUT2D eigenvalue weighted by molar-refractivity contribution is -0.137. The van der Waals surface area contributed by atoms with Crippen LogP contribution in [0.5, 0.6) is 5.75 Å². The Balaban J connectivity index is 2.01. The Morgan fingerprint density at radius 2 is 1.90 bits per heavy atom. The lowest BCUT2D eigenvalue weighted by atomic mass is 10.0. The molecule has 1 aromatic carbocycles. The Kier molecular flexibility index (Phi) is 5.97. The van der Waals surface area contributed by atoms with Gasteiger partial charge in [0.05, 0.1) is 11.3 Å². The quantitative estimate of drug-likeness (QED) is 0.467. The molecule has 0 amide bonds. The summed E-state index contributed by atoms with van der Waals surface area (Å²) in [4.78, 5) is 20.6. The topological polar surface area (TPSA) is 95.3 Å². The maximum Gasteiger partial charge on any atom is 0.417 e. The Labute approximate surface area is 174 Å². The molecule has 158 valence electrons. The van der Waals surface area contributed by atoms with Crippen LogP contribution in [0.4, 0.5) is 24.1 Å². The number of pyridine rings is 1. The summed E-state index contributed by atoms with van der Waals surface area (Å²) in [6, 6.07) is 7.01. The molecule has 0 fully saturated rings. The molecule has 2 aromatic heterocycles. The highest BCUT2D eigenvalue weighted by molar-refractivity contribution is 7.16. The number of aromatic carboxylic acids is 1. The number of halogens is 3. The van der Waals surface area contributed by atoms with Crippen LogP contribution < -0.4 is 5.32 Å². The van der Waals surface area contributed by atoms with E-state index >= 15 is 0 Å². The number of carboxylic acid groups (broad SMARTS) is 1. The van der Waals surface area contributed by atoms with Crippen LogP contribution in [0.2, 0.25) is 0 Å². The second kappa shape index (κ2) is 8.31. The van der Waals surface area contributed by atoms with E-state index in [0.29, 0.717) is 35.4 Å². The van der Waals surface area contributed by atoms with Gasteiger partial charge in [0.15, 0.2) is 5.13 Å². The average Bonchev–Trinajstić information content (AvgIpc) is 3.03. The summed E-state index contributed by atoms with van der Waals surface area (Å²) in [5.74, 6) is -1.34. The van der Waals surface area contributed by atoms with Gasteiger partial charge < -0.3 is 15.5 Å². The van der Waals surface area contributed by atoms with E-state index in [-0.39, 0.29) is 11.6 Å². The van der Waals surface area contributed by atoms with Crippen molar-refractivity contribution < 1.29 is 28.2 Å². The molecule has 3 aromatic rings. The first kappa shape index (κ1) is 21.6. The molecule has 0 aliphatic rings. The predicted octanol–water partition coefficient (Wildman–Crippen LogP) is 5.57. The van der Waals surface area contributed by atoms with Crippen LogP contribution in [0.25, 0.3) is 11.3 Å². The Hall–Kier alpha value is -3.14. The van der Waals surface area contributed by atoms with Crippen LogP contribution in [-0.4, -0.2) is 26.2 Å². The molecule has 0 atom stereocenters. The number of carboxylic acids is 1. The number of anilines is 2. The van der Waals surface area contributed by atoms with Crippen molar-refractivity contribution in [2.45, 2.75) is 26.4 Å². The van der Waals surface area contributed by atoms with Gasteiger partial charge in [0.1, 0.15) is 17.1 Å². The third-order valence-corrected chi connectivity index (χ3v) is 5.10. The van der Waals surface area contributed by atoms with Gasteiger partial charge in [-0.15, -0.1) is 11.3 Å². The number of hydrogen-bond acceptors (Lipinski definition) is 6. The van der Waals surface area contributed by atoms with Gasteiger partial charge >= 0.3 is 12.1 Å². The number of thiazole rings is 1. The minimum Gasteiger partial charge on any atom is -0.508 e. The number of aromatic hydroxyl groups is 1. The van der Waals surface area contributed by atoms with Gasteiger partial charge in [-0.2, -0.15) is 13.2 Å². The highest BCUT2D eigenvalue weighted by atomic mass is 32.1. The maximum absolute atomic E-state index is 12.9. The van der Waals surface area contributed by atoms with Crippen molar-refractivity contribution in [2.24, 2.45) is 5.92 Å². The molecule has 0 spiro atoms. The Morgan fingerprint density at radius 1 is 1.23 bits per heavy atom. The van der Waals surface area contributed by atoms with Gasteiger partial charge in [-0.25, -0.2) is 14.8 Å². The molecular weight excluding hydrogens is 419 g/mol. The van der Waals surface area contributed by atoms with Crippen molar-refractivity contribution in [2.75, 3.05) is 5.32 Å². The largest absolute Gasteiger partial charge is 0.508 e. The third kappa shape index (κ3) is 4.88. The van der Waals surface area contributed by atoms with Crippen LogP contribution in [-0.2, 0) is 12.6 Å². The van der Waals surface area contributed by atoms with Crippen molar-refractivity contribution in [1.82, 2.24) is 9.97 Å². The summed E-state index contributed by atoms with van der Waals surface area (Å²) in [7, 11) is 0. The zero-order valence-corrected chi connectivity index (χ0v) is 16.8. The molecule has 10 heteroatoms. The van der Waals surface area contributed by atoms with E-state index in [1.54, 1.807) is 12.1 Å². The number of phenols is 1. The highest BCUT2D eigenvalue weighted by Gasteiger charge is 2.32. The lowest BCUT2D eigenvalue weighted by Gasteiger charge is -2.10. The van der Waals surface area contributed by atoms with Crippen LogP contribution in [0.3, 0.4) is 0 Å². The standard InChI is InChI=1S/C20H18F3N3O3S/c1-10(2)7-15-16(11-3-5-13(27)6-4-11)25-19(30-15)26-17-14(18(28)29)8-12(9-24-17)20(21,22)23/h3-6,8-10,27H,7H2,1-2H3,(H,28,29)(H,24,25,26). The van der Waals surface area contributed by atoms with Crippen molar-refractivity contribution in [1.29, 1.82) is 0 Å². The van der Waals surface area contributed by atoms with E-state index in [1.165, 1.54) is 23.5 Å². The Bertz CT molecular complexity index is 1060. The van der Waals surface area contributed by atoms with Gasteiger partial charge in [0.2, 0.25) is 0 Å². The number of nitrogens with zero attached hydrogens (tertiary/aromatic N) is 2. The zero-order valence-electron chi connectivity index (χ0n) is 16.0. The number of hydrogen-bond donors (Lipinski definition) is 3. The summed E-state index contributed by atoms with van der Waals surface area (Å²) in [5.41, 5.74) is -0.335. The van der Waals surface area contributed by atoms with Gasteiger partial charge in [-0.3, -0.25) is 0 Å². The molecule has 0 unspecified atom stereocenters. The number of benzene rings is 1. The average molecular weight is 437 g/mol. The van der Waals surface area contributed by atoms with Gasteiger partial charge in [0.25, 0.3) is 0 Å².